The summed E-state index contributed by atoms with van der Waals surface area (Å²) in [6.07, 6.45) is 0.226. The molecular weight excluding hydrogens is 202 g/mol. The Morgan fingerprint density at radius 3 is 2.00 bits per heavy atom. The van der Waals surface area contributed by atoms with E-state index < -0.39 is 17.3 Å². The van der Waals surface area contributed by atoms with Crippen LogP contribution >= 0.6 is 0 Å². The maximum atomic E-state index is 11.0. The van der Waals surface area contributed by atoms with Crippen LogP contribution < -0.4 is 5.32 Å². The number of rotatable bonds is 4. The van der Waals surface area contributed by atoms with Crippen LogP contribution in [0.3, 0.4) is 0 Å². The van der Waals surface area contributed by atoms with Crippen LogP contribution in [0.25, 0.3) is 0 Å². The first kappa shape index (κ1) is 11.9. The summed E-state index contributed by atoms with van der Waals surface area (Å²) in [5, 5.41) is 11.4. The molecule has 1 amide bonds. The molecule has 1 aliphatic carbocycles. The van der Waals surface area contributed by atoms with Gasteiger partial charge in [-0.1, -0.05) is 0 Å². The van der Waals surface area contributed by atoms with Crippen LogP contribution in [0.4, 0.5) is 0 Å². The number of amides is 1. The van der Waals surface area contributed by atoms with Gasteiger partial charge in [-0.05, 0) is 0 Å². The zero-order valence-electron chi connectivity index (χ0n) is 8.99. The van der Waals surface area contributed by atoms with E-state index in [0.29, 0.717) is 0 Å². The first-order valence-electron chi connectivity index (χ1n) is 4.52. The summed E-state index contributed by atoms with van der Waals surface area (Å²) in [5.41, 5.74) is -1.25. The second-order valence-corrected chi connectivity index (χ2v) is 3.74. The zero-order valence-corrected chi connectivity index (χ0v) is 8.99. The molecule has 0 aromatic rings. The van der Waals surface area contributed by atoms with Gasteiger partial charge in [0.05, 0.1) is 0 Å². The predicted molar refractivity (Wildman–Crippen MR) is 50.2 cm³/mol. The third-order valence-corrected chi connectivity index (χ3v) is 2.71. The lowest BCUT2D eigenvalue weighted by atomic mass is 9.71. The number of aliphatic carboxylic acids is 1. The van der Waals surface area contributed by atoms with Gasteiger partial charge in [0.1, 0.15) is 5.54 Å². The lowest BCUT2D eigenvalue weighted by Crippen LogP contribution is -2.70. The normalized spacial score (nSPS) is 21.5. The van der Waals surface area contributed by atoms with Crippen molar-refractivity contribution in [3.63, 3.8) is 0 Å². The third kappa shape index (κ3) is 1.95. The lowest BCUT2D eigenvalue weighted by molar-refractivity contribution is -0.278. The van der Waals surface area contributed by atoms with Gasteiger partial charge in [0.2, 0.25) is 5.91 Å². The number of carbonyl (C=O) groups excluding carboxylic acids is 1. The molecule has 0 bridgehead atoms. The molecule has 0 unspecified atom stereocenters. The molecule has 6 nitrogen and oxygen atoms in total. The summed E-state index contributed by atoms with van der Waals surface area (Å²) < 4.78 is 10.1. The summed E-state index contributed by atoms with van der Waals surface area (Å²) in [6.45, 7) is 1.28. The molecule has 0 aliphatic heterocycles. The molecule has 1 fully saturated rings. The van der Waals surface area contributed by atoms with Crippen molar-refractivity contribution in [3.05, 3.63) is 0 Å². The molecule has 86 valence electrons. The van der Waals surface area contributed by atoms with Crippen LogP contribution in [0.15, 0.2) is 0 Å². The van der Waals surface area contributed by atoms with Crippen molar-refractivity contribution in [3.8, 4) is 0 Å². The van der Waals surface area contributed by atoms with Crippen molar-refractivity contribution in [2.45, 2.75) is 31.1 Å². The SMILES string of the molecule is COC1(OC)CC(NC(C)=O)(C(=O)O)C1. The van der Waals surface area contributed by atoms with Gasteiger partial charge in [0.25, 0.3) is 0 Å². The summed E-state index contributed by atoms with van der Waals surface area (Å²) in [7, 11) is 2.89. The molecule has 0 spiro atoms. The average molecular weight is 217 g/mol. The van der Waals surface area contributed by atoms with Gasteiger partial charge >= 0.3 is 5.97 Å². The minimum absolute atomic E-state index is 0.113. The fourth-order valence-corrected chi connectivity index (χ4v) is 1.87. The molecule has 0 atom stereocenters. The molecule has 1 rings (SSSR count). The maximum absolute atomic E-state index is 11.0. The summed E-state index contributed by atoms with van der Waals surface area (Å²) >= 11 is 0. The number of hydrogen-bond acceptors (Lipinski definition) is 4. The van der Waals surface area contributed by atoms with Crippen LogP contribution in [0.1, 0.15) is 19.8 Å². The monoisotopic (exact) mass is 217 g/mol. The fourth-order valence-electron chi connectivity index (χ4n) is 1.87. The third-order valence-electron chi connectivity index (χ3n) is 2.71. The van der Waals surface area contributed by atoms with Gasteiger partial charge in [-0.15, -0.1) is 0 Å². The predicted octanol–water partition coefficient (Wildman–Crippen LogP) is -0.271. The van der Waals surface area contributed by atoms with Gasteiger partial charge in [0, 0.05) is 34.0 Å². The second kappa shape index (κ2) is 3.79. The van der Waals surface area contributed by atoms with Crippen molar-refractivity contribution in [2.24, 2.45) is 0 Å². The van der Waals surface area contributed by atoms with Gasteiger partial charge in [0.15, 0.2) is 5.79 Å². The number of carboxylic acids is 1. The van der Waals surface area contributed by atoms with E-state index in [1.165, 1.54) is 21.1 Å². The molecule has 0 saturated heterocycles. The van der Waals surface area contributed by atoms with Gasteiger partial charge in [-0.2, -0.15) is 0 Å². The maximum Gasteiger partial charge on any atom is 0.329 e. The minimum atomic E-state index is -1.25. The first-order chi connectivity index (χ1) is 6.90. The number of ether oxygens (including phenoxy) is 2. The number of methoxy groups -OCH3 is 2. The van der Waals surface area contributed by atoms with E-state index in [1.807, 2.05) is 0 Å². The number of carboxylic acid groups (broad SMARTS) is 1. The Kier molecular flexibility index (Phi) is 3.01. The van der Waals surface area contributed by atoms with Crippen molar-refractivity contribution in [1.82, 2.24) is 5.32 Å². The van der Waals surface area contributed by atoms with Gasteiger partial charge < -0.3 is 19.9 Å². The molecule has 1 saturated carbocycles. The van der Waals surface area contributed by atoms with E-state index in [9.17, 15) is 9.59 Å². The van der Waals surface area contributed by atoms with Crippen LogP contribution in [0.2, 0.25) is 0 Å². The van der Waals surface area contributed by atoms with Gasteiger partial charge in [-0.3, -0.25) is 4.79 Å². The Morgan fingerprint density at radius 2 is 1.73 bits per heavy atom. The van der Waals surface area contributed by atoms with Gasteiger partial charge in [-0.25, -0.2) is 4.79 Å². The van der Waals surface area contributed by atoms with E-state index in [2.05, 4.69) is 5.32 Å². The fraction of sp³-hybridized carbons (Fsp3) is 0.778. The highest BCUT2D eigenvalue weighted by molar-refractivity contribution is 5.87. The van der Waals surface area contributed by atoms with E-state index in [1.54, 1.807) is 0 Å². The van der Waals surface area contributed by atoms with Crippen LogP contribution in [-0.2, 0) is 19.1 Å². The molecule has 0 aromatic carbocycles. The Hall–Kier alpha value is -1.14. The van der Waals surface area contributed by atoms with E-state index in [4.69, 9.17) is 14.6 Å². The number of hydrogen-bond donors (Lipinski definition) is 2. The standard InChI is InChI=1S/C9H15NO5/c1-6(11)10-8(7(12)13)4-9(5-8,14-2)15-3/h4-5H2,1-3H3,(H,10,11)(H,12,13). The average Bonchev–Trinajstić information content (AvgIpc) is 2.09. The quantitative estimate of drug-likeness (QED) is 0.633. The molecule has 15 heavy (non-hydrogen) atoms. The minimum Gasteiger partial charge on any atom is -0.479 e. The zero-order chi connectivity index (χ0) is 11.7. The van der Waals surface area contributed by atoms with Crippen LogP contribution in [0.5, 0.6) is 0 Å². The molecule has 2 N–H and O–H groups in total. The Balaban J connectivity index is 2.75. The van der Waals surface area contributed by atoms with Crippen LogP contribution in [0, 0.1) is 0 Å². The van der Waals surface area contributed by atoms with Crippen LogP contribution in [-0.4, -0.2) is 42.5 Å². The molecule has 6 heteroatoms. The Labute approximate surface area is 87.5 Å². The molecule has 0 heterocycles. The lowest BCUT2D eigenvalue weighted by Gasteiger charge is -2.51. The van der Waals surface area contributed by atoms with E-state index in [-0.39, 0.29) is 18.7 Å². The topological polar surface area (TPSA) is 84.9 Å². The Bertz CT molecular complexity index is 276. The summed E-state index contributed by atoms with van der Waals surface area (Å²) in [6, 6.07) is 0. The number of nitrogens with one attached hydrogen (secondary N) is 1. The van der Waals surface area contributed by atoms with E-state index in [0.717, 1.165) is 0 Å². The molecular formula is C9H15NO5. The molecule has 1 aliphatic rings. The molecule has 0 radical (unpaired) electrons. The highest BCUT2D eigenvalue weighted by Gasteiger charge is 2.61. The van der Waals surface area contributed by atoms with Crippen molar-refractivity contribution >= 4 is 11.9 Å². The molecule has 0 aromatic heterocycles. The largest absolute Gasteiger partial charge is 0.479 e. The smallest absolute Gasteiger partial charge is 0.329 e. The van der Waals surface area contributed by atoms with Crippen molar-refractivity contribution in [2.75, 3.05) is 14.2 Å². The second-order valence-electron chi connectivity index (χ2n) is 3.74. The highest BCUT2D eigenvalue weighted by atomic mass is 16.7. The first-order valence-corrected chi connectivity index (χ1v) is 4.52. The van der Waals surface area contributed by atoms with Crippen molar-refractivity contribution in [1.29, 1.82) is 0 Å². The highest BCUT2D eigenvalue weighted by Crippen LogP contribution is 2.44. The Morgan fingerprint density at radius 1 is 1.27 bits per heavy atom. The summed E-state index contributed by atoms with van der Waals surface area (Å²) in [4.78, 5) is 21.9. The number of carbonyl (C=O) groups is 2. The summed E-state index contributed by atoms with van der Waals surface area (Å²) in [5.74, 6) is -2.33. The van der Waals surface area contributed by atoms with E-state index >= 15 is 0 Å². The van der Waals surface area contributed by atoms with Crippen molar-refractivity contribution < 1.29 is 24.2 Å².